The number of anilines is 1. The summed E-state index contributed by atoms with van der Waals surface area (Å²) < 4.78 is 7.37. The number of halogens is 3. The molecule has 154 valence electrons. The van der Waals surface area contributed by atoms with Gasteiger partial charge in [0, 0.05) is 4.47 Å². The largest absolute Gasteiger partial charge is 0.480 e. The maximum atomic E-state index is 13.1. The molecule has 0 saturated carbocycles. The molecule has 0 aromatic heterocycles. The standard InChI is InChI=1S/C19H11BrI2N2O5S/c20-10-2-1-3-11(7-10)24-18(28)12(17(27)23-19(24)30)4-9-5-13(21)16(14(22)6-9)29-8-15(25)26/h1-7H,8H2,(H,25,26)(H,23,27,30)/b12-4+. The van der Waals surface area contributed by atoms with Gasteiger partial charge in [-0.2, -0.15) is 0 Å². The molecule has 2 N–H and O–H groups in total. The van der Waals surface area contributed by atoms with Gasteiger partial charge in [0.25, 0.3) is 11.8 Å². The van der Waals surface area contributed by atoms with Crippen LogP contribution in [-0.2, 0) is 14.4 Å². The molecule has 3 rings (SSSR count). The highest BCUT2D eigenvalue weighted by atomic mass is 127. The molecule has 1 aliphatic heterocycles. The number of carboxylic acids is 1. The van der Waals surface area contributed by atoms with Crippen molar-refractivity contribution in [2.45, 2.75) is 0 Å². The van der Waals surface area contributed by atoms with Crippen LogP contribution in [0.2, 0.25) is 0 Å². The summed E-state index contributed by atoms with van der Waals surface area (Å²) in [5.41, 5.74) is 1.04. The summed E-state index contributed by atoms with van der Waals surface area (Å²) in [6.07, 6.45) is 1.47. The first-order valence-corrected chi connectivity index (χ1v) is 11.5. The number of carbonyl (C=O) groups is 3. The van der Waals surface area contributed by atoms with E-state index < -0.39 is 24.4 Å². The van der Waals surface area contributed by atoms with Gasteiger partial charge in [-0.05, 0) is 99.4 Å². The Balaban J connectivity index is 1.97. The van der Waals surface area contributed by atoms with Gasteiger partial charge in [-0.25, -0.2) is 4.79 Å². The number of rotatable bonds is 5. The second-order valence-corrected chi connectivity index (χ2v) is 9.56. The fourth-order valence-electron chi connectivity index (χ4n) is 2.61. The van der Waals surface area contributed by atoms with E-state index in [1.54, 1.807) is 30.3 Å². The zero-order valence-electron chi connectivity index (χ0n) is 14.8. The number of nitrogens with zero attached hydrogens (tertiary/aromatic N) is 1. The number of hydrogen-bond acceptors (Lipinski definition) is 5. The molecule has 2 amide bonds. The number of thiocarbonyl (C=S) groups is 1. The van der Waals surface area contributed by atoms with Crippen LogP contribution in [0.15, 0.2) is 46.4 Å². The molecule has 0 radical (unpaired) electrons. The fraction of sp³-hybridized carbons (Fsp3) is 0.0526. The van der Waals surface area contributed by atoms with Crippen molar-refractivity contribution in [1.29, 1.82) is 0 Å². The third kappa shape index (κ3) is 5.18. The highest BCUT2D eigenvalue weighted by Crippen LogP contribution is 2.31. The highest BCUT2D eigenvalue weighted by molar-refractivity contribution is 14.1. The van der Waals surface area contributed by atoms with Crippen LogP contribution < -0.4 is 15.0 Å². The van der Waals surface area contributed by atoms with Gasteiger partial charge in [0.1, 0.15) is 11.3 Å². The summed E-state index contributed by atoms with van der Waals surface area (Å²) in [4.78, 5) is 37.5. The van der Waals surface area contributed by atoms with Gasteiger partial charge in [-0.3, -0.25) is 19.8 Å². The summed E-state index contributed by atoms with van der Waals surface area (Å²) in [7, 11) is 0. The number of aliphatic carboxylic acids is 1. The number of nitrogens with one attached hydrogen (secondary N) is 1. The molecular formula is C19H11BrI2N2O5S. The maximum Gasteiger partial charge on any atom is 0.341 e. The van der Waals surface area contributed by atoms with Crippen molar-refractivity contribution in [3.63, 3.8) is 0 Å². The SMILES string of the molecule is O=C(O)COc1c(I)cc(/C=C2\C(=O)NC(=S)N(c3cccc(Br)c3)C2=O)cc1I. The Labute approximate surface area is 212 Å². The minimum absolute atomic E-state index is 0.00169. The Morgan fingerprint density at radius 3 is 2.50 bits per heavy atom. The zero-order valence-corrected chi connectivity index (χ0v) is 21.5. The van der Waals surface area contributed by atoms with E-state index in [1.165, 1.54) is 11.0 Å². The molecule has 2 aromatic carbocycles. The van der Waals surface area contributed by atoms with Crippen molar-refractivity contribution in [1.82, 2.24) is 5.32 Å². The lowest BCUT2D eigenvalue weighted by atomic mass is 10.1. The lowest BCUT2D eigenvalue weighted by molar-refractivity contribution is -0.139. The summed E-state index contributed by atoms with van der Waals surface area (Å²) in [6, 6.07) is 10.4. The second-order valence-electron chi connectivity index (χ2n) is 5.93. The average Bonchev–Trinajstić information content (AvgIpc) is 2.64. The molecule has 0 atom stereocenters. The number of ether oxygens (including phenoxy) is 1. The van der Waals surface area contributed by atoms with Crippen LogP contribution in [0.1, 0.15) is 5.56 Å². The first-order valence-electron chi connectivity index (χ1n) is 8.18. The summed E-state index contributed by atoms with van der Waals surface area (Å²) in [5, 5.41) is 11.3. The van der Waals surface area contributed by atoms with Gasteiger partial charge in [0.15, 0.2) is 11.7 Å². The molecule has 1 heterocycles. The molecule has 1 saturated heterocycles. The lowest BCUT2D eigenvalue weighted by Gasteiger charge is -2.29. The summed E-state index contributed by atoms with van der Waals surface area (Å²) in [5.74, 6) is -1.79. The Bertz CT molecular complexity index is 1100. The number of carboxylic acid groups (broad SMARTS) is 1. The molecule has 0 aliphatic carbocycles. The van der Waals surface area contributed by atoms with Gasteiger partial charge >= 0.3 is 5.97 Å². The minimum atomic E-state index is -1.08. The van der Waals surface area contributed by atoms with Crippen molar-refractivity contribution < 1.29 is 24.2 Å². The molecule has 11 heteroatoms. The Morgan fingerprint density at radius 1 is 1.23 bits per heavy atom. The van der Waals surface area contributed by atoms with Crippen molar-refractivity contribution in [3.8, 4) is 5.75 Å². The molecule has 7 nitrogen and oxygen atoms in total. The number of carbonyl (C=O) groups excluding carboxylic acids is 2. The molecular weight excluding hydrogens is 702 g/mol. The maximum absolute atomic E-state index is 13.1. The third-order valence-electron chi connectivity index (χ3n) is 3.84. The minimum Gasteiger partial charge on any atom is -0.480 e. The quantitative estimate of drug-likeness (QED) is 0.211. The van der Waals surface area contributed by atoms with E-state index in [0.717, 1.165) is 4.47 Å². The Morgan fingerprint density at radius 2 is 1.90 bits per heavy atom. The predicted molar refractivity (Wildman–Crippen MR) is 135 cm³/mol. The molecule has 1 aliphatic rings. The number of hydrogen-bond donors (Lipinski definition) is 2. The topological polar surface area (TPSA) is 95.9 Å². The summed E-state index contributed by atoms with van der Waals surface area (Å²) in [6.45, 7) is -0.466. The lowest BCUT2D eigenvalue weighted by Crippen LogP contribution is -2.54. The normalized spacial score (nSPS) is 15.4. The van der Waals surface area contributed by atoms with Crippen molar-refractivity contribution in [3.05, 3.63) is 59.1 Å². The fourth-order valence-corrected chi connectivity index (χ4v) is 5.40. The Hall–Kier alpha value is -1.58. The van der Waals surface area contributed by atoms with Gasteiger partial charge in [-0.15, -0.1) is 0 Å². The van der Waals surface area contributed by atoms with Crippen molar-refractivity contribution in [2.24, 2.45) is 0 Å². The van der Waals surface area contributed by atoms with Crippen molar-refractivity contribution >= 4 is 108 Å². The van der Waals surface area contributed by atoms with Crippen LogP contribution in [0.4, 0.5) is 5.69 Å². The van der Waals surface area contributed by atoms with E-state index in [2.05, 4.69) is 21.2 Å². The van der Waals surface area contributed by atoms with Crippen LogP contribution in [-0.4, -0.2) is 34.6 Å². The molecule has 30 heavy (non-hydrogen) atoms. The molecule has 0 spiro atoms. The molecule has 0 bridgehead atoms. The van der Waals surface area contributed by atoms with E-state index >= 15 is 0 Å². The van der Waals surface area contributed by atoms with E-state index in [9.17, 15) is 14.4 Å². The van der Waals surface area contributed by atoms with E-state index in [0.29, 0.717) is 24.1 Å². The smallest absolute Gasteiger partial charge is 0.341 e. The van der Waals surface area contributed by atoms with Crippen LogP contribution in [0.5, 0.6) is 5.75 Å². The predicted octanol–water partition coefficient (Wildman–Crippen LogP) is 3.95. The van der Waals surface area contributed by atoms with E-state index in [1.807, 2.05) is 51.2 Å². The van der Waals surface area contributed by atoms with Gasteiger partial charge < -0.3 is 9.84 Å². The Kier molecular flexibility index (Phi) is 7.47. The van der Waals surface area contributed by atoms with E-state index in [-0.39, 0.29) is 10.7 Å². The number of benzene rings is 2. The molecule has 2 aromatic rings. The summed E-state index contributed by atoms with van der Waals surface area (Å²) >= 11 is 12.6. The van der Waals surface area contributed by atoms with Crippen molar-refractivity contribution in [2.75, 3.05) is 11.5 Å². The highest BCUT2D eigenvalue weighted by Gasteiger charge is 2.34. The molecule has 1 fully saturated rings. The van der Waals surface area contributed by atoms with E-state index in [4.69, 9.17) is 22.1 Å². The van der Waals surface area contributed by atoms with Crippen LogP contribution >= 0.6 is 73.3 Å². The third-order valence-corrected chi connectivity index (χ3v) is 6.22. The van der Waals surface area contributed by atoms with Gasteiger partial charge in [-0.1, -0.05) is 22.0 Å². The second kappa shape index (κ2) is 9.70. The average molecular weight is 713 g/mol. The zero-order chi connectivity index (χ0) is 22.0. The first kappa shape index (κ1) is 23.1. The van der Waals surface area contributed by atoms with Crippen LogP contribution in [0.3, 0.4) is 0 Å². The van der Waals surface area contributed by atoms with Crippen LogP contribution in [0, 0.1) is 7.14 Å². The van der Waals surface area contributed by atoms with Crippen LogP contribution in [0.25, 0.3) is 6.08 Å². The monoisotopic (exact) mass is 712 g/mol. The number of amides is 2. The van der Waals surface area contributed by atoms with Gasteiger partial charge in [0.2, 0.25) is 0 Å². The van der Waals surface area contributed by atoms with Gasteiger partial charge in [0.05, 0.1) is 12.8 Å². The first-order chi connectivity index (χ1) is 14.2. The molecule has 0 unspecified atom stereocenters.